The average molecular weight is 212 g/mol. The number of aromatic nitrogens is 1. The van der Waals surface area contributed by atoms with E-state index in [1.54, 1.807) is 6.92 Å². The van der Waals surface area contributed by atoms with Crippen molar-refractivity contribution in [3.05, 3.63) is 24.3 Å². The quantitative estimate of drug-likeness (QED) is 0.740. The number of nitrogens with zero attached hydrogens (tertiary/aromatic N) is 1. The van der Waals surface area contributed by atoms with Gasteiger partial charge in [0.2, 0.25) is 11.9 Å². The van der Waals surface area contributed by atoms with Gasteiger partial charge in [0, 0.05) is 6.42 Å². The molecule has 1 heterocycles. The Balaban J connectivity index is 2.41. The van der Waals surface area contributed by atoms with Crippen molar-refractivity contribution in [2.24, 2.45) is 0 Å². The van der Waals surface area contributed by atoms with E-state index in [9.17, 15) is 9.18 Å². The second-order valence-corrected chi connectivity index (χ2v) is 3.31. The second kappa shape index (κ2) is 5.41. The van der Waals surface area contributed by atoms with Crippen molar-refractivity contribution in [3.63, 3.8) is 0 Å². The predicted molar refractivity (Wildman–Crippen MR) is 53.7 cm³/mol. The Labute approximate surface area is 87.1 Å². The molecule has 1 rings (SSSR count). The minimum Gasteiger partial charge on any atom is -0.393 e. The summed E-state index contributed by atoms with van der Waals surface area (Å²) >= 11 is 0. The van der Waals surface area contributed by atoms with Gasteiger partial charge in [0.15, 0.2) is 0 Å². The van der Waals surface area contributed by atoms with Crippen molar-refractivity contribution in [1.29, 1.82) is 0 Å². The van der Waals surface area contributed by atoms with Crippen LogP contribution in [0.15, 0.2) is 18.3 Å². The van der Waals surface area contributed by atoms with Gasteiger partial charge in [-0.05, 0) is 25.5 Å². The van der Waals surface area contributed by atoms with Crippen molar-refractivity contribution in [1.82, 2.24) is 4.98 Å². The summed E-state index contributed by atoms with van der Waals surface area (Å²) in [7, 11) is 0. The Morgan fingerprint density at radius 2 is 2.40 bits per heavy atom. The van der Waals surface area contributed by atoms with Gasteiger partial charge in [-0.3, -0.25) is 4.79 Å². The molecule has 0 saturated heterocycles. The molecule has 2 N–H and O–H groups in total. The molecule has 0 aromatic carbocycles. The van der Waals surface area contributed by atoms with E-state index in [-0.39, 0.29) is 12.3 Å². The van der Waals surface area contributed by atoms with Crippen molar-refractivity contribution in [2.75, 3.05) is 5.32 Å². The molecule has 1 unspecified atom stereocenters. The highest BCUT2D eigenvalue weighted by Crippen LogP contribution is 2.06. The van der Waals surface area contributed by atoms with Crippen LogP contribution in [-0.2, 0) is 4.79 Å². The van der Waals surface area contributed by atoms with Crippen LogP contribution in [0.5, 0.6) is 0 Å². The molecule has 0 fully saturated rings. The van der Waals surface area contributed by atoms with Crippen LogP contribution in [0.1, 0.15) is 19.8 Å². The molecular weight excluding hydrogens is 199 g/mol. The Morgan fingerprint density at radius 1 is 1.67 bits per heavy atom. The van der Waals surface area contributed by atoms with E-state index in [1.807, 2.05) is 0 Å². The van der Waals surface area contributed by atoms with Gasteiger partial charge in [0.1, 0.15) is 0 Å². The monoisotopic (exact) mass is 212 g/mol. The second-order valence-electron chi connectivity index (χ2n) is 3.31. The van der Waals surface area contributed by atoms with Gasteiger partial charge in [0.25, 0.3) is 0 Å². The molecule has 0 aliphatic rings. The van der Waals surface area contributed by atoms with Crippen LogP contribution in [0.4, 0.5) is 10.1 Å². The van der Waals surface area contributed by atoms with Gasteiger partial charge in [-0.1, -0.05) is 0 Å². The summed E-state index contributed by atoms with van der Waals surface area (Å²) in [6.07, 6.45) is 1.38. The summed E-state index contributed by atoms with van der Waals surface area (Å²) in [4.78, 5) is 14.7. The number of rotatable bonds is 4. The zero-order valence-electron chi connectivity index (χ0n) is 8.40. The first-order valence-corrected chi connectivity index (χ1v) is 4.67. The first kappa shape index (κ1) is 11.6. The van der Waals surface area contributed by atoms with Gasteiger partial charge >= 0.3 is 0 Å². The SMILES string of the molecule is CC(O)CCC(=O)Nc1ccc(F)nc1. The van der Waals surface area contributed by atoms with Crippen LogP contribution >= 0.6 is 0 Å². The van der Waals surface area contributed by atoms with E-state index in [0.29, 0.717) is 12.1 Å². The number of amides is 1. The Kier molecular flexibility index (Phi) is 4.17. The van der Waals surface area contributed by atoms with Gasteiger partial charge in [-0.2, -0.15) is 4.39 Å². The molecule has 0 saturated carbocycles. The first-order valence-electron chi connectivity index (χ1n) is 4.67. The molecule has 5 heteroatoms. The molecule has 0 aliphatic heterocycles. The van der Waals surface area contributed by atoms with Crippen molar-refractivity contribution >= 4 is 11.6 Å². The number of aliphatic hydroxyl groups is 1. The molecule has 15 heavy (non-hydrogen) atoms. The molecular formula is C10H13FN2O2. The summed E-state index contributed by atoms with van der Waals surface area (Å²) in [5, 5.41) is 11.5. The fraction of sp³-hybridized carbons (Fsp3) is 0.400. The Morgan fingerprint density at radius 3 is 2.93 bits per heavy atom. The third-order valence-corrected chi connectivity index (χ3v) is 1.80. The van der Waals surface area contributed by atoms with Gasteiger partial charge < -0.3 is 10.4 Å². The molecule has 1 aromatic heterocycles. The first-order chi connectivity index (χ1) is 7.08. The van der Waals surface area contributed by atoms with E-state index < -0.39 is 12.1 Å². The van der Waals surface area contributed by atoms with Crippen molar-refractivity contribution < 1.29 is 14.3 Å². The third kappa shape index (κ3) is 4.51. The smallest absolute Gasteiger partial charge is 0.224 e. The number of halogens is 1. The topological polar surface area (TPSA) is 62.2 Å². The molecule has 0 spiro atoms. The summed E-state index contributed by atoms with van der Waals surface area (Å²) in [5.74, 6) is -0.804. The third-order valence-electron chi connectivity index (χ3n) is 1.80. The number of hydrogen-bond acceptors (Lipinski definition) is 3. The number of anilines is 1. The van der Waals surface area contributed by atoms with Crippen molar-refractivity contribution in [2.45, 2.75) is 25.9 Å². The molecule has 1 atom stereocenters. The maximum Gasteiger partial charge on any atom is 0.224 e. The van der Waals surface area contributed by atoms with Crippen LogP contribution in [0.2, 0.25) is 0 Å². The van der Waals surface area contributed by atoms with E-state index in [1.165, 1.54) is 18.3 Å². The van der Waals surface area contributed by atoms with Gasteiger partial charge in [-0.25, -0.2) is 4.98 Å². The lowest BCUT2D eigenvalue weighted by molar-refractivity contribution is -0.116. The van der Waals surface area contributed by atoms with Gasteiger partial charge in [0.05, 0.1) is 18.0 Å². The van der Waals surface area contributed by atoms with Crippen LogP contribution in [0.3, 0.4) is 0 Å². The van der Waals surface area contributed by atoms with Crippen LogP contribution in [-0.4, -0.2) is 22.1 Å². The fourth-order valence-electron chi connectivity index (χ4n) is 1.01. The minimum atomic E-state index is -0.586. The number of carbonyl (C=O) groups is 1. The Bertz CT molecular complexity index is 325. The molecule has 1 amide bonds. The number of hydrogen-bond donors (Lipinski definition) is 2. The molecule has 1 aromatic rings. The fourth-order valence-corrected chi connectivity index (χ4v) is 1.01. The number of aliphatic hydroxyl groups excluding tert-OH is 1. The van der Waals surface area contributed by atoms with Crippen LogP contribution < -0.4 is 5.32 Å². The zero-order chi connectivity index (χ0) is 11.3. The number of pyridine rings is 1. The lowest BCUT2D eigenvalue weighted by Crippen LogP contribution is -2.14. The van der Waals surface area contributed by atoms with E-state index >= 15 is 0 Å². The average Bonchev–Trinajstić information content (AvgIpc) is 2.19. The van der Waals surface area contributed by atoms with Crippen LogP contribution in [0.25, 0.3) is 0 Å². The van der Waals surface area contributed by atoms with Crippen LogP contribution in [0, 0.1) is 5.95 Å². The maximum atomic E-state index is 12.4. The standard InChI is InChI=1S/C10H13FN2O2/c1-7(14)2-5-10(15)13-8-3-4-9(11)12-6-8/h3-4,6-7,14H,2,5H2,1H3,(H,13,15). The zero-order valence-corrected chi connectivity index (χ0v) is 8.40. The van der Waals surface area contributed by atoms with E-state index in [0.717, 1.165) is 0 Å². The minimum absolute atomic E-state index is 0.218. The lowest BCUT2D eigenvalue weighted by atomic mass is 10.2. The summed E-state index contributed by atoms with van der Waals surface area (Å²) < 4.78 is 12.4. The van der Waals surface area contributed by atoms with Gasteiger partial charge in [-0.15, -0.1) is 0 Å². The predicted octanol–water partition coefficient (Wildman–Crippen LogP) is 1.32. The summed E-state index contributed by atoms with van der Waals surface area (Å²) in [5.41, 5.74) is 0.451. The van der Waals surface area contributed by atoms with E-state index in [2.05, 4.69) is 10.3 Å². The maximum absolute atomic E-state index is 12.4. The summed E-state index contributed by atoms with van der Waals surface area (Å²) in [6, 6.07) is 2.60. The lowest BCUT2D eigenvalue weighted by Gasteiger charge is -2.05. The molecule has 0 aliphatic carbocycles. The van der Waals surface area contributed by atoms with E-state index in [4.69, 9.17) is 5.11 Å². The number of carbonyl (C=O) groups excluding carboxylic acids is 1. The largest absolute Gasteiger partial charge is 0.393 e. The molecule has 0 radical (unpaired) electrons. The highest BCUT2D eigenvalue weighted by Gasteiger charge is 2.04. The molecule has 0 bridgehead atoms. The van der Waals surface area contributed by atoms with Crippen molar-refractivity contribution in [3.8, 4) is 0 Å². The Hall–Kier alpha value is -1.49. The summed E-state index contributed by atoms with van der Waals surface area (Å²) in [6.45, 7) is 1.62. The highest BCUT2D eigenvalue weighted by atomic mass is 19.1. The highest BCUT2D eigenvalue weighted by molar-refractivity contribution is 5.90. The molecule has 4 nitrogen and oxygen atoms in total. The normalized spacial score (nSPS) is 12.2. The molecule has 82 valence electrons. The number of nitrogens with one attached hydrogen (secondary N) is 1.